The van der Waals surface area contributed by atoms with E-state index in [0.29, 0.717) is 11.5 Å². The lowest BCUT2D eigenvalue weighted by Crippen LogP contribution is -2.16. The van der Waals surface area contributed by atoms with E-state index in [4.69, 9.17) is 5.73 Å². The average Bonchev–Trinajstić information content (AvgIpc) is 2.79. The summed E-state index contributed by atoms with van der Waals surface area (Å²) in [5.74, 6) is 0.668. The Balaban J connectivity index is 1.98. The molecule has 0 bridgehead atoms. The average molecular weight is 205 g/mol. The number of carbonyl (C=O) groups excluding carboxylic acids is 1. The third kappa shape index (κ3) is 2.09. The van der Waals surface area contributed by atoms with Gasteiger partial charge in [-0.1, -0.05) is 13.8 Å². The first kappa shape index (κ1) is 9.96. The first-order chi connectivity index (χ1) is 6.99. The van der Waals surface area contributed by atoms with E-state index in [2.05, 4.69) is 24.1 Å². The standard InChI is InChI=1S/C11H15N3O/c1-11(2)5-8(11)10(15)14-7-3-4-9(12)13-6-7/h3-4,6,8H,5H2,1-2H3,(H2,12,13)(H,14,15). The summed E-state index contributed by atoms with van der Waals surface area (Å²) in [7, 11) is 0. The van der Waals surface area contributed by atoms with Crippen molar-refractivity contribution < 1.29 is 4.79 Å². The van der Waals surface area contributed by atoms with Gasteiger partial charge in [-0.15, -0.1) is 0 Å². The first-order valence-electron chi connectivity index (χ1n) is 5.01. The molecule has 1 aromatic heterocycles. The summed E-state index contributed by atoms with van der Waals surface area (Å²) in [5.41, 5.74) is 6.31. The van der Waals surface area contributed by atoms with Gasteiger partial charge in [0.2, 0.25) is 5.91 Å². The summed E-state index contributed by atoms with van der Waals surface area (Å²) in [6.07, 6.45) is 2.53. The molecule has 15 heavy (non-hydrogen) atoms. The van der Waals surface area contributed by atoms with Crippen molar-refractivity contribution in [3.8, 4) is 0 Å². The fourth-order valence-corrected chi connectivity index (χ4v) is 1.62. The van der Waals surface area contributed by atoms with E-state index in [1.165, 1.54) is 0 Å². The van der Waals surface area contributed by atoms with E-state index in [-0.39, 0.29) is 17.2 Å². The van der Waals surface area contributed by atoms with Gasteiger partial charge in [0.25, 0.3) is 0 Å². The molecule has 1 unspecified atom stereocenters. The molecule has 2 rings (SSSR count). The van der Waals surface area contributed by atoms with E-state index in [1.54, 1.807) is 18.3 Å². The molecule has 4 nitrogen and oxygen atoms in total. The zero-order chi connectivity index (χ0) is 11.1. The predicted molar refractivity (Wildman–Crippen MR) is 59.2 cm³/mol. The molecule has 1 saturated carbocycles. The molecule has 0 saturated heterocycles. The van der Waals surface area contributed by atoms with Crippen molar-refractivity contribution in [1.82, 2.24) is 4.98 Å². The molecule has 0 aliphatic heterocycles. The number of hydrogen-bond donors (Lipinski definition) is 2. The second-order valence-electron chi connectivity index (χ2n) is 4.71. The van der Waals surface area contributed by atoms with Crippen molar-refractivity contribution in [2.75, 3.05) is 11.1 Å². The molecule has 1 aromatic rings. The Morgan fingerprint density at radius 2 is 2.27 bits per heavy atom. The quantitative estimate of drug-likeness (QED) is 0.771. The highest BCUT2D eigenvalue weighted by Gasteiger charge is 2.50. The summed E-state index contributed by atoms with van der Waals surface area (Å²) < 4.78 is 0. The Morgan fingerprint density at radius 3 is 2.73 bits per heavy atom. The van der Waals surface area contributed by atoms with Crippen LogP contribution in [0.2, 0.25) is 0 Å². The molecule has 4 heteroatoms. The summed E-state index contributed by atoms with van der Waals surface area (Å²) in [4.78, 5) is 15.6. The van der Waals surface area contributed by atoms with Crippen molar-refractivity contribution in [2.24, 2.45) is 11.3 Å². The summed E-state index contributed by atoms with van der Waals surface area (Å²) >= 11 is 0. The topological polar surface area (TPSA) is 68.0 Å². The SMILES string of the molecule is CC1(C)CC1C(=O)Nc1ccc(N)nc1. The highest BCUT2D eigenvalue weighted by atomic mass is 16.2. The summed E-state index contributed by atoms with van der Waals surface area (Å²) in [6, 6.07) is 3.43. The van der Waals surface area contributed by atoms with Gasteiger partial charge in [-0.3, -0.25) is 4.79 Å². The molecule has 1 aliphatic rings. The number of hydrogen-bond acceptors (Lipinski definition) is 3. The van der Waals surface area contributed by atoms with Gasteiger partial charge in [-0.05, 0) is 24.0 Å². The molecule has 80 valence electrons. The smallest absolute Gasteiger partial charge is 0.228 e. The van der Waals surface area contributed by atoms with Crippen LogP contribution in [0.3, 0.4) is 0 Å². The molecular formula is C11H15N3O. The second kappa shape index (κ2) is 3.22. The Bertz CT molecular complexity index is 383. The zero-order valence-electron chi connectivity index (χ0n) is 8.95. The number of nitrogens with one attached hydrogen (secondary N) is 1. The van der Waals surface area contributed by atoms with Gasteiger partial charge >= 0.3 is 0 Å². The van der Waals surface area contributed by atoms with E-state index in [0.717, 1.165) is 6.42 Å². The maximum Gasteiger partial charge on any atom is 0.228 e. The lowest BCUT2D eigenvalue weighted by molar-refractivity contribution is -0.118. The third-order valence-electron chi connectivity index (χ3n) is 2.88. The van der Waals surface area contributed by atoms with Gasteiger partial charge in [0.15, 0.2) is 0 Å². The van der Waals surface area contributed by atoms with Crippen molar-refractivity contribution in [1.29, 1.82) is 0 Å². The van der Waals surface area contributed by atoms with Crippen LogP contribution in [0.4, 0.5) is 11.5 Å². The molecule has 0 aromatic carbocycles. The molecule has 1 fully saturated rings. The molecular weight excluding hydrogens is 190 g/mol. The highest BCUT2D eigenvalue weighted by molar-refractivity contribution is 5.94. The Hall–Kier alpha value is -1.58. The van der Waals surface area contributed by atoms with Gasteiger partial charge in [-0.2, -0.15) is 0 Å². The van der Waals surface area contributed by atoms with Gasteiger partial charge in [-0.25, -0.2) is 4.98 Å². The first-order valence-corrected chi connectivity index (χ1v) is 5.01. The van der Waals surface area contributed by atoms with E-state index < -0.39 is 0 Å². The highest BCUT2D eigenvalue weighted by Crippen LogP contribution is 2.51. The number of pyridine rings is 1. The van der Waals surface area contributed by atoms with Crippen molar-refractivity contribution in [3.63, 3.8) is 0 Å². The van der Waals surface area contributed by atoms with Gasteiger partial charge in [0, 0.05) is 5.92 Å². The molecule has 3 N–H and O–H groups in total. The van der Waals surface area contributed by atoms with Crippen LogP contribution in [0.25, 0.3) is 0 Å². The van der Waals surface area contributed by atoms with Gasteiger partial charge < -0.3 is 11.1 Å². The monoisotopic (exact) mass is 205 g/mol. The predicted octanol–water partition coefficient (Wildman–Crippen LogP) is 1.65. The Morgan fingerprint density at radius 1 is 1.60 bits per heavy atom. The van der Waals surface area contributed by atoms with Crippen LogP contribution in [0, 0.1) is 11.3 Å². The number of nitrogens with zero attached hydrogens (tertiary/aromatic N) is 1. The van der Waals surface area contributed by atoms with Crippen LogP contribution in [0.5, 0.6) is 0 Å². The summed E-state index contributed by atoms with van der Waals surface area (Å²) in [6.45, 7) is 4.19. The number of rotatable bonds is 2. The number of nitrogens with two attached hydrogens (primary N) is 1. The minimum absolute atomic E-state index is 0.0755. The van der Waals surface area contributed by atoms with Crippen LogP contribution < -0.4 is 11.1 Å². The van der Waals surface area contributed by atoms with E-state index >= 15 is 0 Å². The van der Waals surface area contributed by atoms with Gasteiger partial charge in [0.05, 0.1) is 11.9 Å². The fraction of sp³-hybridized carbons (Fsp3) is 0.455. The van der Waals surface area contributed by atoms with Crippen LogP contribution in [-0.2, 0) is 4.79 Å². The van der Waals surface area contributed by atoms with Crippen LogP contribution >= 0.6 is 0 Å². The second-order valence-corrected chi connectivity index (χ2v) is 4.71. The number of aromatic nitrogens is 1. The zero-order valence-corrected chi connectivity index (χ0v) is 8.95. The summed E-state index contributed by atoms with van der Waals surface area (Å²) in [5, 5.41) is 2.83. The lowest BCUT2D eigenvalue weighted by Gasteiger charge is -2.05. The number of carbonyl (C=O) groups is 1. The molecule has 1 atom stereocenters. The number of nitrogen functional groups attached to an aromatic ring is 1. The van der Waals surface area contributed by atoms with Crippen molar-refractivity contribution in [2.45, 2.75) is 20.3 Å². The molecule has 0 spiro atoms. The lowest BCUT2D eigenvalue weighted by atomic mass is 10.1. The minimum Gasteiger partial charge on any atom is -0.384 e. The largest absolute Gasteiger partial charge is 0.384 e. The van der Waals surface area contributed by atoms with Crippen LogP contribution in [0.15, 0.2) is 18.3 Å². The maximum absolute atomic E-state index is 11.7. The van der Waals surface area contributed by atoms with Crippen LogP contribution in [-0.4, -0.2) is 10.9 Å². The normalized spacial score (nSPS) is 22.1. The van der Waals surface area contributed by atoms with E-state index in [9.17, 15) is 4.79 Å². The number of anilines is 2. The van der Waals surface area contributed by atoms with Crippen molar-refractivity contribution >= 4 is 17.4 Å². The third-order valence-corrected chi connectivity index (χ3v) is 2.88. The maximum atomic E-state index is 11.7. The van der Waals surface area contributed by atoms with Gasteiger partial charge in [0.1, 0.15) is 5.82 Å². The fourth-order valence-electron chi connectivity index (χ4n) is 1.62. The molecule has 1 amide bonds. The molecule has 1 aliphatic carbocycles. The van der Waals surface area contributed by atoms with E-state index in [1.807, 2.05) is 0 Å². The Labute approximate surface area is 88.9 Å². The molecule has 1 heterocycles. The Kier molecular flexibility index (Phi) is 2.14. The number of amides is 1. The minimum atomic E-state index is 0.0755. The van der Waals surface area contributed by atoms with Crippen LogP contribution in [0.1, 0.15) is 20.3 Å². The molecule has 0 radical (unpaired) electrons. The van der Waals surface area contributed by atoms with Crippen molar-refractivity contribution in [3.05, 3.63) is 18.3 Å².